The zero-order valence-corrected chi connectivity index (χ0v) is 17.1. The molecular formula is C23H26F2N4O. The lowest BCUT2D eigenvalue weighted by Crippen LogP contribution is -2.27. The molecule has 1 saturated carbocycles. The second-order valence-corrected chi connectivity index (χ2v) is 6.53. The highest BCUT2D eigenvalue weighted by molar-refractivity contribution is 6.02. The van der Waals surface area contributed by atoms with E-state index in [1.165, 1.54) is 12.3 Å². The number of benzene rings is 1. The van der Waals surface area contributed by atoms with Crippen molar-refractivity contribution in [1.29, 1.82) is 0 Å². The Kier molecular flexibility index (Phi) is 7.93. The number of nitrogens with one attached hydrogen (secondary N) is 1. The molecule has 2 heterocycles. The Hall–Kier alpha value is -3.40. The highest BCUT2D eigenvalue weighted by Crippen LogP contribution is 2.32. The Morgan fingerprint density at radius 3 is 2.57 bits per heavy atom. The number of aromatic nitrogens is 2. The van der Waals surface area contributed by atoms with Crippen LogP contribution in [-0.2, 0) is 0 Å². The van der Waals surface area contributed by atoms with Crippen LogP contribution in [0, 0.1) is 18.7 Å². The molecule has 1 fully saturated rings. The Morgan fingerprint density at radius 1 is 1.27 bits per heavy atom. The average molecular weight is 412 g/mol. The predicted molar refractivity (Wildman–Crippen MR) is 116 cm³/mol. The lowest BCUT2D eigenvalue weighted by atomic mass is 10.1. The summed E-state index contributed by atoms with van der Waals surface area (Å²) in [6.07, 6.45) is 12.0. The third kappa shape index (κ3) is 4.60. The zero-order chi connectivity index (χ0) is 22.3. The van der Waals surface area contributed by atoms with Gasteiger partial charge in [-0.2, -0.15) is 5.10 Å². The number of anilines is 1. The molecule has 30 heavy (non-hydrogen) atoms. The molecule has 0 aliphatic heterocycles. The van der Waals surface area contributed by atoms with Gasteiger partial charge in [0.2, 0.25) is 0 Å². The van der Waals surface area contributed by atoms with E-state index in [0.717, 1.165) is 6.42 Å². The monoisotopic (exact) mass is 412 g/mol. The molecule has 2 atom stereocenters. The number of amides is 1. The lowest BCUT2D eigenvalue weighted by molar-refractivity contribution is 0.100. The summed E-state index contributed by atoms with van der Waals surface area (Å²) >= 11 is 0. The van der Waals surface area contributed by atoms with E-state index < -0.39 is 12.1 Å². The maximum absolute atomic E-state index is 14.1. The number of carbonyl (C=O) groups is 1. The number of hydrogen-bond acceptors (Lipinski definition) is 3. The van der Waals surface area contributed by atoms with Gasteiger partial charge in [-0.3, -0.25) is 4.79 Å². The maximum atomic E-state index is 14.1. The van der Waals surface area contributed by atoms with Crippen molar-refractivity contribution in [2.24, 2.45) is 5.73 Å². The molecule has 3 N–H and O–H groups in total. The van der Waals surface area contributed by atoms with Crippen molar-refractivity contribution in [1.82, 2.24) is 9.61 Å². The van der Waals surface area contributed by atoms with Crippen molar-refractivity contribution < 1.29 is 13.6 Å². The molecule has 0 bridgehead atoms. The summed E-state index contributed by atoms with van der Waals surface area (Å²) in [5, 5.41) is 7.32. The largest absolute Gasteiger partial charge is 0.377 e. The van der Waals surface area contributed by atoms with E-state index >= 15 is 0 Å². The van der Waals surface area contributed by atoms with Crippen molar-refractivity contribution >= 4 is 17.1 Å². The second-order valence-electron chi connectivity index (χ2n) is 6.53. The second kappa shape index (κ2) is 10.4. The van der Waals surface area contributed by atoms with Gasteiger partial charge in [-0.15, -0.1) is 12.8 Å². The minimum absolute atomic E-state index is 0.190. The van der Waals surface area contributed by atoms with E-state index in [-0.39, 0.29) is 17.4 Å². The predicted octanol–water partition coefficient (Wildman–Crippen LogP) is 4.82. The van der Waals surface area contributed by atoms with E-state index in [2.05, 4.69) is 23.3 Å². The van der Waals surface area contributed by atoms with E-state index in [4.69, 9.17) is 5.73 Å². The molecule has 0 saturated heterocycles. The minimum atomic E-state index is -0.982. The Balaban J connectivity index is 0.000000757. The Bertz CT molecular complexity index is 1030. The van der Waals surface area contributed by atoms with Crippen LogP contribution in [0.3, 0.4) is 0 Å². The van der Waals surface area contributed by atoms with Crippen LogP contribution in [0.1, 0.15) is 43.5 Å². The molecule has 0 radical (unpaired) electrons. The van der Waals surface area contributed by atoms with Crippen molar-refractivity contribution in [3.63, 3.8) is 0 Å². The summed E-state index contributed by atoms with van der Waals surface area (Å²) in [5.41, 5.74) is 7.69. The number of terminal acetylenes is 1. The van der Waals surface area contributed by atoms with Crippen LogP contribution in [-0.4, -0.2) is 27.7 Å². The fourth-order valence-corrected chi connectivity index (χ4v) is 3.50. The molecule has 1 aliphatic carbocycles. The van der Waals surface area contributed by atoms with Crippen LogP contribution in [0.5, 0.6) is 0 Å². The van der Waals surface area contributed by atoms with Gasteiger partial charge < -0.3 is 11.1 Å². The number of halogens is 2. The number of carbonyl (C=O) groups excluding carboxylic acids is 1. The lowest BCUT2D eigenvalue weighted by Gasteiger charge is -2.19. The van der Waals surface area contributed by atoms with E-state index in [9.17, 15) is 13.6 Å². The third-order valence-corrected chi connectivity index (χ3v) is 4.85. The smallest absolute Gasteiger partial charge is 0.252 e. The van der Waals surface area contributed by atoms with Gasteiger partial charge in [0.15, 0.2) is 0 Å². The van der Waals surface area contributed by atoms with Crippen molar-refractivity contribution in [2.75, 3.05) is 5.32 Å². The quantitative estimate of drug-likeness (QED) is 0.604. The molecule has 2 aromatic heterocycles. The van der Waals surface area contributed by atoms with Crippen LogP contribution in [0.15, 0.2) is 42.7 Å². The molecule has 4 rings (SSSR count). The maximum Gasteiger partial charge on any atom is 0.252 e. The fourth-order valence-electron chi connectivity index (χ4n) is 3.50. The van der Waals surface area contributed by atoms with Crippen LogP contribution < -0.4 is 11.1 Å². The molecular weight excluding hydrogens is 386 g/mol. The topological polar surface area (TPSA) is 72.4 Å². The molecule has 3 aromatic rings. The number of primary amides is 1. The molecule has 1 amide bonds. The van der Waals surface area contributed by atoms with Crippen LogP contribution >= 0.6 is 0 Å². The normalized spacial score (nSPS) is 17.4. The van der Waals surface area contributed by atoms with Gasteiger partial charge in [0, 0.05) is 17.3 Å². The van der Waals surface area contributed by atoms with Crippen molar-refractivity contribution in [3.05, 3.63) is 54.1 Å². The first-order chi connectivity index (χ1) is 14.5. The van der Waals surface area contributed by atoms with Gasteiger partial charge in [-0.05, 0) is 31.4 Å². The summed E-state index contributed by atoms with van der Waals surface area (Å²) < 4.78 is 29.7. The van der Waals surface area contributed by atoms with E-state index in [1.54, 1.807) is 35.0 Å². The Morgan fingerprint density at radius 2 is 1.97 bits per heavy atom. The third-order valence-electron chi connectivity index (χ3n) is 4.85. The van der Waals surface area contributed by atoms with Gasteiger partial charge in [0.25, 0.3) is 5.91 Å². The molecule has 0 unspecified atom stereocenters. The minimum Gasteiger partial charge on any atom is -0.377 e. The molecule has 158 valence electrons. The average Bonchev–Trinajstić information content (AvgIpc) is 3.37. The van der Waals surface area contributed by atoms with E-state index in [1.807, 2.05) is 13.8 Å². The van der Waals surface area contributed by atoms with E-state index in [0.29, 0.717) is 35.2 Å². The number of fused-ring (bicyclic) bond motifs is 1. The highest BCUT2D eigenvalue weighted by Gasteiger charge is 2.29. The number of rotatable bonds is 4. The van der Waals surface area contributed by atoms with Gasteiger partial charge >= 0.3 is 0 Å². The molecule has 7 heteroatoms. The summed E-state index contributed by atoms with van der Waals surface area (Å²) in [6.45, 7) is 4.00. The number of nitrogens with two attached hydrogens (primary N) is 1. The summed E-state index contributed by atoms with van der Waals surface area (Å²) in [4.78, 5) is 11.8. The standard InChI is InChI=1S/C19H18F2N4O.C2H6.C2H2/c20-14-5-2-1-4-12(14)11-8-17-18(24-16-7-3-6-15(16)21)13(19(22)26)9-23-25(17)10-11;2*1-2/h1-2,4-5,8-10,15-16,24H,3,6-7H2,(H2,22,26);1-2H3;1-2H/t15-,16+;;/m0../s1. The van der Waals surface area contributed by atoms with Crippen molar-refractivity contribution in [2.45, 2.75) is 45.3 Å². The highest BCUT2D eigenvalue weighted by atomic mass is 19.1. The first kappa shape index (κ1) is 22.9. The number of alkyl halides is 1. The number of hydrogen-bond donors (Lipinski definition) is 2. The summed E-state index contributed by atoms with van der Waals surface area (Å²) in [6, 6.07) is 7.75. The van der Waals surface area contributed by atoms with Gasteiger partial charge in [0.05, 0.1) is 29.0 Å². The van der Waals surface area contributed by atoms with Crippen LogP contribution in [0.2, 0.25) is 0 Å². The Labute approximate surface area is 175 Å². The first-order valence-corrected chi connectivity index (χ1v) is 9.84. The number of nitrogens with zero attached hydrogens (tertiary/aromatic N) is 2. The summed E-state index contributed by atoms with van der Waals surface area (Å²) in [7, 11) is 0. The molecule has 0 spiro atoms. The van der Waals surface area contributed by atoms with Gasteiger partial charge in [-0.1, -0.05) is 32.0 Å². The van der Waals surface area contributed by atoms with Crippen LogP contribution in [0.25, 0.3) is 16.6 Å². The SMILES string of the molecule is C#C.CC.NC(=O)c1cnn2cc(-c3ccccc3F)cc2c1N[C@@H]1CCC[C@@H]1F. The van der Waals surface area contributed by atoms with Gasteiger partial charge in [-0.25, -0.2) is 13.3 Å². The van der Waals surface area contributed by atoms with Crippen LogP contribution in [0.4, 0.5) is 14.5 Å². The molecule has 5 nitrogen and oxygen atoms in total. The molecule has 1 aromatic carbocycles. The summed E-state index contributed by atoms with van der Waals surface area (Å²) in [5.74, 6) is -1.00. The zero-order valence-electron chi connectivity index (χ0n) is 17.1. The van der Waals surface area contributed by atoms with Gasteiger partial charge in [0.1, 0.15) is 12.0 Å². The van der Waals surface area contributed by atoms with Crippen molar-refractivity contribution in [3.8, 4) is 24.0 Å². The molecule has 1 aliphatic rings. The fraction of sp³-hybridized carbons (Fsp3) is 0.304. The first-order valence-electron chi connectivity index (χ1n) is 9.84.